The van der Waals surface area contributed by atoms with E-state index >= 15 is 0 Å². The van der Waals surface area contributed by atoms with Crippen molar-refractivity contribution < 1.29 is 18.3 Å². The second-order valence-electron chi connectivity index (χ2n) is 7.50. The van der Waals surface area contributed by atoms with Gasteiger partial charge >= 0.3 is 0 Å². The zero-order valence-electron chi connectivity index (χ0n) is 16.1. The highest BCUT2D eigenvalue weighted by Gasteiger charge is 2.26. The molecule has 0 aliphatic carbocycles. The smallest absolute Gasteiger partial charge is 0.261 e. The van der Waals surface area contributed by atoms with Crippen LogP contribution >= 0.6 is 0 Å². The minimum absolute atomic E-state index is 0.0567. The predicted octanol–water partition coefficient (Wildman–Crippen LogP) is 1.88. The van der Waals surface area contributed by atoms with Gasteiger partial charge in [-0.15, -0.1) is 0 Å². The molecular weight excluding hydrogens is 382 g/mol. The SMILES string of the molecule is O=C(CC1CCCO1)N1CCN(c2ccc3c(=O)n(CC(F)F)cnc3c2)CC1. The first-order valence-corrected chi connectivity index (χ1v) is 9.93. The third-order valence-corrected chi connectivity index (χ3v) is 5.57. The van der Waals surface area contributed by atoms with Gasteiger partial charge in [-0.3, -0.25) is 14.2 Å². The average Bonchev–Trinajstić information content (AvgIpc) is 3.23. The van der Waals surface area contributed by atoms with Gasteiger partial charge in [0.15, 0.2) is 0 Å². The first-order valence-electron chi connectivity index (χ1n) is 9.93. The molecule has 1 unspecified atom stereocenters. The minimum atomic E-state index is -2.61. The van der Waals surface area contributed by atoms with E-state index in [4.69, 9.17) is 4.74 Å². The van der Waals surface area contributed by atoms with Crippen LogP contribution in [0, 0.1) is 0 Å². The zero-order chi connectivity index (χ0) is 20.4. The first kappa shape index (κ1) is 19.8. The number of anilines is 1. The Hall–Kier alpha value is -2.55. The summed E-state index contributed by atoms with van der Waals surface area (Å²) in [6, 6.07) is 5.24. The lowest BCUT2D eigenvalue weighted by Gasteiger charge is -2.36. The maximum Gasteiger partial charge on any atom is 0.261 e. The van der Waals surface area contributed by atoms with Crippen LogP contribution < -0.4 is 10.5 Å². The molecule has 1 aromatic heterocycles. The van der Waals surface area contributed by atoms with Crippen molar-refractivity contribution in [2.24, 2.45) is 0 Å². The number of rotatable bonds is 5. The molecule has 1 aromatic carbocycles. The van der Waals surface area contributed by atoms with E-state index in [0.717, 1.165) is 29.7 Å². The molecule has 2 aliphatic rings. The standard InChI is InChI=1S/C20H24F2N4O3/c21-18(22)12-26-13-23-17-10-14(3-4-16(17)20(26)28)24-5-7-25(8-6-24)19(27)11-15-2-1-9-29-15/h3-4,10,13,15,18H,1-2,5-9,11-12H2. The van der Waals surface area contributed by atoms with Gasteiger partial charge in [0.1, 0.15) is 0 Å². The van der Waals surface area contributed by atoms with Crippen LogP contribution in [0.4, 0.5) is 14.5 Å². The Balaban J connectivity index is 1.41. The second kappa shape index (κ2) is 8.44. The Morgan fingerprint density at radius 3 is 2.72 bits per heavy atom. The molecule has 29 heavy (non-hydrogen) atoms. The van der Waals surface area contributed by atoms with E-state index in [-0.39, 0.29) is 12.0 Å². The molecule has 2 fully saturated rings. The fourth-order valence-electron chi connectivity index (χ4n) is 3.97. The van der Waals surface area contributed by atoms with E-state index in [2.05, 4.69) is 9.88 Å². The lowest BCUT2D eigenvalue weighted by Crippen LogP contribution is -2.49. The number of hydrogen-bond acceptors (Lipinski definition) is 5. The van der Waals surface area contributed by atoms with E-state index in [9.17, 15) is 18.4 Å². The van der Waals surface area contributed by atoms with Crippen LogP contribution in [0.2, 0.25) is 0 Å². The first-order chi connectivity index (χ1) is 14.0. The monoisotopic (exact) mass is 406 g/mol. The molecule has 7 nitrogen and oxygen atoms in total. The summed E-state index contributed by atoms with van der Waals surface area (Å²) in [7, 11) is 0. The van der Waals surface area contributed by atoms with Crippen LogP contribution in [0.3, 0.4) is 0 Å². The summed E-state index contributed by atoms with van der Waals surface area (Å²) in [5.74, 6) is 0.135. The number of aromatic nitrogens is 2. The number of carbonyl (C=O) groups excluding carboxylic acids is 1. The molecule has 3 heterocycles. The fraction of sp³-hybridized carbons (Fsp3) is 0.550. The van der Waals surface area contributed by atoms with Crippen LogP contribution in [-0.4, -0.2) is 65.7 Å². The molecule has 2 aliphatic heterocycles. The highest BCUT2D eigenvalue weighted by atomic mass is 19.3. The predicted molar refractivity (Wildman–Crippen MR) is 104 cm³/mol. The van der Waals surface area contributed by atoms with Crippen molar-refractivity contribution in [2.75, 3.05) is 37.7 Å². The molecule has 0 bridgehead atoms. The van der Waals surface area contributed by atoms with Gasteiger partial charge in [0.2, 0.25) is 5.91 Å². The topological polar surface area (TPSA) is 67.7 Å². The van der Waals surface area contributed by atoms with Gasteiger partial charge in [0.25, 0.3) is 12.0 Å². The van der Waals surface area contributed by atoms with E-state index in [1.807, 2.05) is 11.0 Å². The molecule has 1 atom stereocenters. The molecule has 2 saturated heterocycles. The number of benzene rings is 1. The highest BCUT2D eigenvalue weighted by Crippen LogP contribution is 2.22. The van der Waals surface area contributed by atoms with Gasteiger partial charge in [-0.05, 0) is 31.0 Å². The third kappa shape index (κ3) is 4.39. The Kier molecular flexibility index (Phi) is 5.75. The molecule has 156 valence electrons. The highest BCUT2D eigenvalue weighted by molar-refractivity contribution is 5.81. The number of ether oxygens (including phenoxy) is 1. The second-order valence-corrected chi connectivity index (χ2v) is 7.50. The van der Waals surface area contributed by atoms with Crippen molar-refractivity contribution in [3.63, 3.8) is 0 Å². The third-order valence-electron chi connectivity index (χ3n) is 5.57. The van der Waals surface area contributed by atoms with Gasteiger partial charge < -0.3 is 14.5 Å². The summed E-state index contributed by atoms with van der Waals surface area (Å²) in [4.78, 5) is 33.0. The van der Waals surface area contributed by atoms with Crippen molar-refractivity contribution >= 4 is 22.5 Å². The fourth-order valence-corrected chi connectivity index (χ4v) is 3.97. The Morgan fingerprint density at radius 2 is 2.03 bits per heavy atom. The van der Waals surface area contributed by atoms with Crippen molar-refractivity contribution in [3.8, 4) is 0 Å². The zero-order valence-corrected chi connectivity index (χ0v) is 16.1. The van der Waals surface area contributed by atoms with Crippen molar-refractivity contribution in [1.29, 1.82) is 0 Å². The maximum atomic E-state index is 12.6. The number of piperazine rings is 1. The summed E-state index contributed by atoms with van der Waals surface area (Å²) < 4.78 is 31.6. The van der Waals surface area contributed by atoms with Crippen molar-refractivity contribution in [3.05, 3.63) is 34.9 Å². The van der Waals surface area contributed by atoms with Crippen LogP contribution in [-0.2, 0) is 16.1 Å². The average molecular weight is 406 g/mol. The lowest BCUT2D eigenvalue weighted by atomic mass is 10.1. The normalized spacial score (nSPS) is 20.0. The van der Waals surface area contributed by atoms with Crippen LogP contribution in [0.15, 0.2) is 29.3 Å². The number of amides is 1. The number of halogens is 2. The van der Waals surface area contributed by atoms with Gasteiger partial charge in [-0.1, -0.05) is 0 Å². The molecular formula is C20H24F2N4O3. The molecule has 0 radical (unpaired) electrons. The van der Waals surface area contributed by atoms with Gasteiger partial charge in [0, 0.05) is 38.5 Å². The number of hydrogen-bond donors (Lipinski definition) is 0. The van der Waals surface area contributed by atoms with Gasteiger partial charge in [-0.2, -0.15) is 0 Å². The molecule has 1 amide bonds. The summed E-state index contributed by atoms with van der Waals surface area (Å²) in [5.41, 5.74) is 0.920. The summed E-state index contributed by atoms with van der Waals surface area (Å²) in [6.07, 6.45) is 1.04. The molecule has 0 saturated carbocycles. The Bertz CT molecular complexity index is 935. The van der Waals surface area contributed by atoms with E-state index < -0.39 is 18.5 Å². The summed E-state index contributed by atoms with van der Waals surface area (Å²) in [6.45, 7) is 2.72. The van der Waals surface area contributed by atoms with Gasteiger partial charge in [0.05, 0.1) is 36.3 Å². The maximum absolute atomic E-state index is 12.6. The number of nitrogens with zero attached hydrogens (tertiary/aromatic N) is 4. The quantitative estimate of drug-likeness (QED) is 0.759. The van der Waals surface area contributed by atoms with Crippen LogP contribution in [0.25, 0.3) is 10.9 Å². The number of carbonyl (C=O) groups is 1. The van der Waals surface area contributed by atoms with E-state index in [1.54, 1.807) is 12.1 Å². The van der Waals surface area contributed by atoms with E-state index in [1.165, 1.54) is 6.33 Å². The van der Waals surface area contributed by atoms with Gasteiger partial charge in [-0.25, -0.2) is 13.8 Å². The lowest BCUT2D eigenvalue weighted by molar-refractivity contribution is -0.133. The van der Waals surface area contributed by atoms with E-state index in [0.29, 0.717) is 43.5 Å². The largest absolute Gasteiger partial charge is 0.378 e. The van der Waals surface area contributed by atoms with Crippen molar-refractivity contribution in [1.82, 2.24) is 14.5 Å². The minimum Gasteiger partial charge on any atom is -0.378 e. The summed E-state index contributed by atoms with van der Waals surface area (Å²) in [5, 5.41) is 0.322. The number of alkyl halides is 2. The Labute approximate surface area is 166 Å². The molecule has 4 rings (SSSR count). The van der Waals surface area contributed by atoms with Crippen LogP contribution in [0.5, 0.6) is 0 Å². The molecule has 0 spiro atoms. The van der Waals surface area contributed by atoms with Crippen LogP contribution in [0.1, 0.15) is 19.3 Å². The summed E-state index contributed by atoms with van der Waals surface area (Å²) >= 11 is 0. The van der Waals surface area contributed by atoms with Crippen molar-refractivity contribution in [2.45, 2.75) is 38.3 Å². The molecule has 0 N–H and O–H groups in total. The molecule has 9 heteroatoms. The molecule has 2 aromatic rings. The number of fused-ring (bicyclic) bond motifs is 1. The Morgan fingerprint density at radius 1 is 1.24 bits per heavy atom.